The fourth-order valence-corrected chi connectivity index (χ4v) is 2.04. The fraction of sp³-hybridized carbons (Fsp3) is 0.500. The van der Waals surface area contributed by atoms with Crippen LogP contribution in [0.4, 0.5) is 4.39 Å². The van der Waals surface area contributed by atoms with E-state index in [4.69, 9.17) is 0 Å². The number of rotatable bonds is 5. The van der Waals surface area contributed by atoms with Gasteiger partial charge in [0, 0.05) is 12.1 Å². The number of benzene rings is 1. The summed E-state index contributed by atoms with van der Waals surface area (Å²) in [4.78, 5) is 23.1. The minimum absolute atomic E-state index is 0.0287. The van der Waals surface area contributed by atoms with Crippen molar-refractivity contribution in [2.75, 3.05) is 6.54 Å². The van der Waals surface area contributed by atoms with Crippen LogP contribution in [-0.4, -0.2) is 23.5 Å². The van der Waals surface area contributed by atoms with Crippen molar-refractivity contribution in [2.24, 2.45) is 11.3 Å². The number of amides is 1. The van der Waals surface area contributed by atoms with Gasteiger partial charge in [-0.2, -0.15) is 0 Å². The van der Waals surface area contributed by atoms with E-state index in [1.165, 1.54) is 12.1 Å². The van der Waals surface area contributed by atoms with E-state index in [1.54, 1.807) is 6.92 Å². The summed E-state index contributed by atoms with van der Waals surface area (Å²) in [6.45, 7) is 7.47. The summed E-state index contributed by atoms with van der Waals surface area (Å²) >= 11 is 0. The number of hydrogen-bond donors (Lipinski definition) is 2. The summed E-state index contributed by atoms with van der Waals surface area (Å²) in [5, 5.41) is 11.8. The van der Waals surface area contributed by atoms with Crippen molar-refractivity contribution in [2.45, 2.75) is 34.1 Å². The second kappa shape index (κ2) is 6.70. The molecule has 0 aliphatic carbocycles. The van der Waals surface area contributed by atoms with Gasteiger partial charge in [0.1, 0.15) is 5.82 Å². The van der Waals surface area contributed by atoms with E-state index in [2.05, 4.69) is 5.32 Å². The van der Waals surface area contributed by atoms with Crippen molar-refractivity contribution in [3.63, 3.8) is 0 Å². The van der Waals surface area contributed by atoms with Gasteiger partial charge in [-0.15, -0.1) is 0 Å². The van der Waals surface area contributed by atoms with Crippen LogP contribution in [0.25, 0.3) is 0 Å². The molecular weight excluding hydrogens is 273 g/mol. The maximum atomic E-state index is 13.4. The third-order valence-electron chi connectivity index (χ3n) is 3.15. The molecule has 0 aliphatic heterocycles. The molecule has 0 spiro atoms. The van der Waals surface area contributed by atoms with Crippen LogP contribution in [0, 0.1) is 24.1 Å². The second-order valence-corrected chi connectivity index (χ2v) is 6.47. The monoisotopic (exact) mass is 295 g/mol. The molecule has 5 heteroatoms. The molecule has 1 amide bonds. The molecule has 1 aromatic rings. The molecule has 2 N–H and O–H groups in total. The van der Waals surface area contributed by atoms with Crippen LogP contribution in [0.15, 0.2) is 18.2 Å². The maximum Gasteiger partial charge on any atom is 0.308 e. The second-order valence-electron chi connectivity index (χ2n) is 6.47. The zero-order valence-corrected chi connectivity index (χ0v) is 12.9. The SMILES string of the molecule is Cc1ccc(C(=O)NCC(CC(C)(C)C)C(=O)O)cc1F. The minimum Gasteiger partial charge on any atom is -0.481 e. The minimum atomic E-state index is -0.944. The van der Waals surface area contributed by atoms with Crippen LogP contribution < -0.4 is 5.32 Å². The number of aryl methyl sites for hydroxylation is 1. The average Bonchev–Trinajstić information content (AvgIpc) is 2.35. The van der Waals surface area contributed by atoms with Gasteiger partial charge in [0.25, 0.3) is 5.91 Å². The summed E-state index contributed by atoms with van der Waals surface area (Å²) in [6, 6.07) is 4.20. The number of carboxylic acids is 1. The molecular formula is C16H22FNO3. The highest BCUT2D eigenvalue weighted by atomic mass is 19.1. The Morgan fingerprint density at radius 2 is 1.95 bits per heavy atom. The number of hydrogen-bond acceptors (Lipinski definition) is 2. The van der Waals surface area contributed by atoms with E-state index in [-0.39, 0.29) is 17.5 Å². The molecule has 0 bridgehead atoms. The number of nitrogens with one attached hydrogen (secondary N) is 1. The van der Waals surface area contributed by atoms with Crippen molar-refractivity contribution in [1.82, 2.24) is 5.32 Å². The Hall–Kier alpha value is -1.91. The molecule has 1 rings (SSSR count). The van der Waals surface area contributed by atoms with Gasteiger partial charge in [-0.1, -0.05) is 26.8 Å². The molecule has 1 unspecified atom stereocenters. The van der Waals surface area contributed by atoms with Crippen LogP contribution >= 0.6 is 0 Å². The predicted octanol–water partition coefficient (Wildman–Crippen LogP) is 3.00. The van der Waals surface area contributed by atoms with Gasteiger partial charge in [-0.25, -0.2) is 4.39 Å². The third-order valence-corrected chi connectivity index (χ3v) is 3.15. The summed E-state index contributed by atoms with van der Waals surface area (Å²) in [6.07, 6.45) is 0.449. The molecule has 1 atom stereocenters. The zero-order valence-electron chi connectivity index (χ0n) is 12.9. The van der Waals surface area contributed by atoms with E-state index in [0.29, 0.717) is 12.0 Å². The molecule has 0 aromatic heterocycles. The van der Waals surface area contributed by atoms with E-state index in [9.17, 15) is 19.1 Å². The molecule has 0 radical (unpaired) electrons. The van der Waals surface area contributed by atoms with Crippen molar-refractivity contribution < 1.29 is 19.1 Å². The number of carbonyl (C=O) groups is 2. The van der Waals surface area contributed by atoms with Gasteiger partial charge in [0.15, 0.2) is 0 Å². The first-order valence-corrected chi connectivity index (χ1v) is 6.87. The van der Waals surface area contributed by atoms with E-state index in [1.807, 2.05) is 20.8 Å². The maximum absolute atomic E-state index is 13.4. The molecule has 0 fully saturated rings. The van der Waals surface area contributed by atoms with Gasteiger partial charge in [0.05, 0.1) is 5.92 Å². The topological polar surface area (TPSA) is 66.4 Å². The van der Waals surface area contributed by atoms with Gasteiger partial charge in [-0.05, 0) is 36.5 Å². The first-order valence-electron chi connectivity index (χ1n) is 6.87. The Balaban J connectivity index is 2.69. The molecule has 4 nitrogen and oxygen atoms in total. The first-order chi connectivity index (χ1) is 9.60. The quantitative estimate of drug-likeness (QED) is 0.877. The van der Waals surface area contributed by atoms with Crippen molar-refractivity contribution >= 4 is 11.9 Å². The average molecular weight is 295 g/mol. The number of aliphatic carboxylic acids is 1. The lowest BCUT2D eigenvalue weighted by Crippen LogP contribution is -2.35. The van der Waals surface area contributed by atoms with Gasteiger partial charge < -0.3 is 10.4 Å². The highest BCUT2D eigenvalue weighted by Crippen LogP contribution is 2.24. The zero-order chi connectivity index (χ0) is 16.2. The Kier molecular flexibility index (Phi) is 5.47. The van der Waals surface area contributed by atoms with Crippen molar-refractivity contribution in [3.8, 4) is 0 Å². The van der Waals surface area contributed by atoms with Gasteiger partial charge in [-0.3, -0.25) is 9.59 Å². The van der Waals surface area contributed by atoms with Gasteiger partial charge in [0.2, 0.25) is 0 Å². The first kappa shape index (κ1) is 17.1. The molecule has 21 heavy (non-hydrogen) atoms. The summed E-state index contributed by atoms with van der Waals surface area (Å²) in [5.74, 6) is -2.52. The molecule has 0 saturated heterocycles. The summed E-state index contributed by atoms with van der Waals surface area (Å²) in [5.41, 5.74) is 0.504. The number of halogens is 1. The highest BCUT2D eigenvalue weighted by molar-refractivity contribution is 5.94. The standard InChI is InChI=1S/C16H22FNO3/c1-10-5-6-11(7-13(10)17)14(19)18-9-12(15(20)21)8-16(2,3)4/h5-7,12H,8-9H2,1-4H3,(H,18,19)(H,20,21). The van der Waals surface area contributed by atoms with Crippen LogP contribution in [0.3, 0.4) is 0 Å². The predicted molar refractivity (Wildman–Crippen MR) is 78.7 cm³/mol. The van der Waals surface area contributed by atoms with Crippen molar-refractivity contribution in [3.05, 3.63) is 35.1 Å². The summed E-state index contributed by atoms with van der Waals surface area (Å²) < 4.78 is 13.4. The molecule has 116 valence electrons. The lowest BCUT2D eigenvalue weighted by atomic mass is 9.84. The molecule has 0 aliphatic rings. The smallest absolute Gasteiger partial charge is 0.308 e. The van der Waals surface area contributed by atoms with E-state index in [0.717, 1.165) is 6.07 Å². The fourth-order valence-electron chi connectivity index (χ4n) is 2.04. The van der Waals surface area contributed by atoms with Crippen LogP contribution in [0.2, 0.25) is 0 Å². The number of carboxylic acid groups (broad SMARTS) is 1. The van der Waals surface area contributed by atoms with E-state index < -0.39 is 23.6 Å². The van der Waals surface area contributed by atoms with Gasteiger partial charge >= 0.3 is 5.97 Å². The van der Waals surface area contributed by atoms with Crippen LogP contribution in [-0.2, 0) is 4.79 Å². The Morgan fingerprint density at radius 3 is 2.43 bits per heavy atom. The Morgan fingerprint density at radius 1 is 1.33 bits per heavy atom. The largest absolute Gasteiger partial charge is 0.481 e. The molecule has 1 aromatic carbocycles. The van der Waals surface area contributed by atoms with E-state index >= 15 is 0 Å². The van der Waals surface area contributed by atoms with Crippen molar-refractivity contribution in [1.29, 1.82) is 0 Å². The lowest BCUT2D eigenvalue weighted by Gasteiger charge is -2.23. The molecule has 0 heterocycles. The third kappa shape index (κ3) is 5.53. The number of carbonyl (C=O) groups excluding carboxylic acids is 1. The Labute approximate surface area is 124 Å². The Bertz CT molecular complexity index is 535. The lowest BCUT2D eigenvalue weighted by molar-refractivity contribution is -0.142. The normalized spacial score (nSPS) is 12.8. The highest BCUT2D eigenvalue weighted by Gasteiger charge is 2.25. The molecule has 0 saturated carbocycles. The summed E-state index contributed by atoms with van der Waals surface area (Å²) in [7, 11) is 0. The van der Waals surface area contributed by atoms with Crippen LogP contribution in [0.5, 0.6) is 0 Å². The van der Waals surface area contributed by atoms with Crippen LogP contribution in [0.1, 0.15) is 43.1 Å².